The number of pyridine rings is 1. The zero-order valence-electron chi connectivity index (χ0n) is 9.99. The summed E-state index contributed by atoms with van der Waals surface area (Å²) in [6.45, 7) is 0.0882. The first-order valence-corrected chi connectivity index (χ1v) is 6.87. The predicted molar refractivity (Wildman–Crippen MR) is 70.6 cm³/mol. The Balaban J connectivity index is 1.83. The maximum absolute atomic E-state index is 11.6. The molecule has 0 saturated heterocycles. The van der Waals surface area contributed by atoms with Gasteiger partial charge < -0.3 is 4.74 Å². The van der Waals surface area contributed by atoms with Crippen molar-refractivity contribution in [3.05, 3.63) is 28.0 Å². The van der Waals surface area contributed by atoms with E-state index in [1.54, 1.807) is 12.1 Å². The second-order valence-electron chi connectivity index (χ2n) is 4.58. The largest absolute Gasteiger partial charge is 0.459 e. The highest BCUT2D eigenvalue weighted by Crippen LogP contribution is 2.28. The van der Waals surface area contributed by atoms with E-state index >= 15 is 0 Å². The van der Waals surface area contributed by atoms with Crippen LogP contribution in [0.5, 0.6) is 0 Å². The van der Waals surface area contributed by atoms with E-state index < -0.39 is 0 Å². The highest BCUT2D eigenvalue weighted by atomic mass is 35.5. The van der Waals surface area contributed by atoms with Crippen molar-refractivity contribution < 1.29 is 9.53 Å². The van der Waals surface area contributed by atoms with Crippen LogP contribution in [0.15, 0.2) is 12.1 Å². The number of ether oxygens (including phenoxy) is 1. The first-order valence-electron chi connectivity index (χ1n) is 6.11. The second kappa shape index (κ2) is 6.39. The molecule has 3 nitrogen and oxygen atoms in total. The minimum Gasteiger partial charge on any atom is -0.459 e. The molecule has 1 heterocycles. The number of hydrogen-bond acceptors (Lipinski definition) is 3. The summed E-state index contributed by atoms with van der Waals surface area (Å²) in [5, 5.41) is 0.814. The first-order chi connectivity index (χ1) is 8.65. The van der Waals surface area contributed by atoms with Crippen molar-refractivity contribution in [3.63, 3.8) is 0 Å². The summed E-state index contributed by atoms with van der Waals surface area (Å²) in [4.78, 5) is 15.7. The normalized spacial score (nSPS) is 15.9. The van der Waals surface area contributed by atoms with Crippen LogP contribution in [0.4, 0.5) is 0 Å². The van der Waals surface area contributed by atoms with Crippen LogP contribution < -0.4 is 0 Å². The van der Waals surface area contributed by atoms with Crippen LogP contribution >= 0.6 is 23.2 Å². The molecule has 1 aromatic rings. The van der Waals surface area contributed by atoms with E-state index in [1.807, 2.05) is 0 Å². The lowest BCUT2D eigenvalue weighted by molar-refractivity contribution is -0.146. The number of carbonyl (C=O) groups excluding carboxylic acids is 1. The van der Waals surface area contributed by atoms with Crippen molar-refractivity contribution in [2.24, 2.45) is 5.92 Å². The highest BCUT2D eigenvalue weighted by molar-refractivity contribution is 6.32. The van der Waals surface area contributed by atoms with E-state index in [2.05, 4.69) is 4.98 Å². The zero-order chi connectivity index (χ0) is 13.0. The van der Waals surface area contributed by atoms with Crippen LogP contribution in [0.1, 0.15) is 37.8 Å². The van der Waals surface area contributed by atoms with Gasteiger partial charge in [-0.15, -0.1) is 0 Å². The molecule has 1 aliphatic carbocycles. The number of hydrogen-bond donors (Lipinski definition) is 0. The number of carbonyl (C=O) groups is 1. The third-order valence-corrected chi connectivity index (χ3v) is 3.74. The third-order valence-electron chi connectivity index (χ3n) is 3.18. The molecule has 0 amide bonds. The number of nitrogens with zero attached hydrogens (tertiary/aromatic N) is 1. The quantitative estimate of drug-likeness (QED) is 0.620. The van der Waals surface area contributed by atoms with Crippen molar-refractivity contribution in [1.82, 2.24) is 4.98 Å². The molecular weight excluding hydrogens is 273 g/mol. The molecule has 0 aliphatic heterocycles. The van der Waals surface area contributed by atoms with Gasteiger partial charge in [-0.2, -0.15) is 0 Å². The lowest BCUT2D eigenvalue weighted by Crippen LogP contribution is -2.10. The second-order valence-corrected chi connectivity index (χ2v) is 5.37. The lowest BCUT2D eigenvalue weighted by Gasteiger charge is -2.09. The van der Waals surface area contributed by atoms with Gasteiger partial charge in [-0.3, -0.25) is 4.79 Å². The monoisotopic (exact) mass is 287 g/mol. The van der Waals surface area contributed by atoms with Gasteiger partial charge in [0.05, 0.1) is 10.7 Å². The molecule has 0 bridgehead atoms. The van der Waals surface area contributed by atoms with E-state index in [0.29, 0.717) is 28.2 Å². The number of esters is 1. The molecule has 0 radical (unpaired) electrons. The molecule has 0 atom stereocenters. The fourth-order valence-corrected chi connectivity index (χ4v) is 2.54. The SMILES string of the molecule is O=C(CC1CCCC1)OCc1nc(Cl)ccc1Cl. The van der Waals surface area contributed by atoms with Crippen molar-refractivity contribution in [3.8, 4) is 0 Å². The van der Waals surface area contributed by atoms with E-state index in [9.17, 15) is 4.79 Å². The Morgan fingerprint density at radius 2 is 2.06 bits per heavy atom. The Morgan fingerprint density at radius 3 is 2.78 bits per heavy atom. The topological polar surface area (TPSA) is 39.2 Å². The van der Waals surface area contributed by atoms with E-state index in [-0.39, 0.29) is 12.6 Å². The van der Waals surface area contributed by atoms with E-state index in [1.165, 1.54) is 12.8 Å². The molecular formula is C13H15Cl2NO2. The Labute approximate surface area is 116 Å². The molecule has 0 N–H and O–H groups in total. The van der Waals surface area contributed by atoms with Gasteiger partial charge in [-0.1, -0.05) is 36.0 Å². The number of aromatic nitrogens is 1. The Morgan fingerprint density at radius 1 is 1.33 bits per heavy atom. The molecule has 0 spiro atoms. The Kier molecular flexibility index (Phi) is 4.84. The molecule has 0 unspecified atom stereocenters. The summed E-state index contributed by atoms with van der Waals surface area (Å²) in [6.07, 6.45) is 5.20. The average molecular weight is 288 g/mol. The minimum atomic E-state index is -0.181. The number of halogens is 2. The number of rotatable bonds is 4. The van der Waals surface area contributed by atoms with Crippen molar-refractivity contribution in [2.45, 2.75) is 38.7 Å². The van der Waals surface area contributed by atoms with E-state index in [4.69, 9.17) is 27.9 Å². The molecule has 1 saturated carbocycles. The molecule has 0 aromatic carbocycles. The summed E-state index contributed by atoms with van der Waals surface area (Å²) in [7, 11) is 0. The van der Waals surface area contributed by atoms with E-state index in [0.717, 1.165) is 12.8 Å². The summed E-state index contributed by atoms with van der Waals surface area (Å²) >= 11 is 11.7. The third kappa shape index (κ3) is 3.85. The van der Waals surface area contributed by atoms with Crippen LogP contribution in [0.25, 0.3) is 0 Å². The zero-order valence-corrected chi connectivity index (χ0v) is 11.5. The maximum Gasteiger partial charge on any atom is 0.306 e. The smallest absolute Gasteiger partial charge is 0.306 e. The van der Waals surface area contributed by atoms with Gasteiger partial charge in [0.2, 0.25) is 0 Å². The van der Waals surface area contributed by atoms with Crippen LogP contribution in [-0.2, 0) is 16.1 Å². The van der Waals surface area contributed by atoms with Crippen molar-refractivity contribution >= 4 is 29.2 Å². The Bertz CT molecular complexity index is 431. The molecule has 1 aliphatic rings. The molecule has 1 fully saturated rings. The lowest BCUT2D eigenvalue weighted by atomic mass is 10.0. The highest BCUT2D eigenvalue weighted by Gasteiger charge is 2.19. The van der Waals surface area contributed by atoms with Crippen LogP contribution in [0.3, 0.4) is 0 Å². The molecule has 18 heavy (non-hydrogen) atoms. The summed E-state index contributed by atoms with van der Waals surface area (Å²) in [5.41, 5.74) is 0.504. The van der Waals surface area contributed by atoms with Crippen LogP contribution in [0.2, 0.25) is 10.2 Å². The van der Waals surface area contributed by atoms with Gasteiger partial charge in [0.15, 0.2) is 0 Å². The molecule has 5 heteroatoms. The van der Waals surface area contributed by atoms with Crippen molar-refractivity contribution in [1.29, 1.82) is 0 Å². The van der Waals surface area contributed by atoms with Gasteiger partial charge in [0.1, 0.15) is 11.8 Å². The summed E-state index contributed by atoms with van der Waals surface area (Å²) in [6, 6.07) is 3.25. The fourth-order valence-electron chi connectivity index (χ4n) is 2.22. The van der Waals surface area contributed by atoms with Crippen LogP contribution in [-0.4, -0.2) is 11.0 Å². The van der Waals surface area contributed by atoms with Gasteiger partial charge >= 0.3 is 5.97 Å². The Hall–Kier alpha value is -0.800. The first kappa shape index (κ1) is 13.6. The minimum absolute atomic E-state index is 0.0882. The molecule has 98 valence electrons. The van der Waals surface area contributed by atoms with Crippen molar-refractivity contribution in [2.75, 3.05) is 0 Å². The van der Waals surface area contributed by atoms with Gasteiger partial charge in [-0.25, -0.2) is 4.98 Å². The molecule has 1 aromatic heterocycles. The summed E-state index contributed by atoms with van der Waals surface area (Å²) < 4.78 is 5.18. The van der Waals surface area contributed by atoms with Crippen LogP contribution in [0, 0.1) is 5.92 Å². The van der Waals surface area contributed by atoms with Gasteiger partial charge in [0.25, 0.3) is 0 Å². The average Bonchev–Trinajstić information content (AvgIpc) is 2.83. The summed E-state index contributed by atoms with van der Waals surface area (Å²) in [5.74, 6) is 0.306. The fraction of sp³-hybridized carbons (Fsp3) is 0.538. The maximum atomic E-state index is 11.6. The van der Waals surface area contributed by atoms with Gasteiger partial charge in [0, 0.05) is 6.42 Å². The standard InChI is InChI=1S/C13H15Cl2NO2/c14-10-5-6-12(15)16-11(10)8-18-13(17)7-9-3-1-2-4-9/h5-6,9H,1-4,7-8H2. The van der Waals surface area contributed by atoms with Gasteiger partial charge in [-0.05, 0) is 30.9 Å². The predicted octanol–water partition coefficient (Wildman–Crippen LogP) is 4.01. The molecule has 2 rings (SSSR count).